The number of amides is 2. The lowest BCUT2D eigenvalue weighted by Gasteiger charge is -2.30. The lowest BCUT2D eigenvalue weighted by molar-refractivity contribution is 0.252. The van der Waals surface area contributed by atoms with E-state index in [1.165, 1.54) is 37.1 Å². The summed E-state index contributed by atoms with van der Waals surface area (Å²) in [7, 11) is 0. The summed E-state index contributed by atoms with van der Waals surface area (Å²) in [5.41, 5.74) is 1.57. The van der Waals surface area contributed by atoms with Crippen LogP contribution in [0.25, 0.3) is 0 Å². The average Bonchev–Trinajstić information content (AvgIpc) is 2.57. The fourth-order valence-electron chi connectivity index (χ4n) is 2.86. The summed E-state index contributed by atoms with van der Waals surface area (Å²) in [6, 6.07) is 5.37. The van der Waals surface area contributed by atoms with Crippen molar-refractivity contribution in [1.29, 1.82) is 0 Å². The van der Waals surface area contributed by atoms with Gasteiger partial charge in [0.15, 0.2) is 0 Å². The highest BCUT2D eigenvalue weighted by atomic mass is 19.1. The molecule has 2 unspecified atom stereocenters. The van der Waals surface area contributed by atoms with Crippen molar-refractivity contribution >= 4 is 17.4 Å². The van der Waals surface area contributed by atoms with Crippen LogP contribution < -0.4 is 16.0 Å². The number of piperidine rings is 1. The molecule has 1 fully saturated rings. The average molecular weight is 316 g/mol. The van der Waals surface area contributed by atoms with Gasteiger partial charge in [-0.25, -0.2) is 9.18 Å². The van der Waals surface area contributed by atoms with Gasteiger partial charge in [-0.1, -0.05) is 6.08 Å². The fraction of sp³-hybridized carbons (Fsp3) is 0.412. The topological polar surface area (TPSA) is 65.5 Å². The van der Waals surface area contributed by atoms with Gasteiger partial charge in [-0.2, -0.15) is 0 Å². The number of carbonyl (C=O) groups is 1. The molecule has 2 atom stereocenters. The molecule has 2 heterocycles. The van der Waals surface area contributed by atoms with Crippen molar-refractivity contribution in [3.05, 3.63) is 42.2 Å². The first-order chi connectivity index (χ1) is 11.2. The molecule has 1 aromatic rings. The van der Waals surface area contributed by atoms with E-state index in [-0.39, 0.29) is 18.0 Å². The summed E-state index contributed by atoms with van der Waals surface area (Å²) in [4.78, 5) is 16.5. The number of hydrogen-bond donors (Lipinski definition) is 3. The maximum absolute atomic E-state index is 12.8. The number of dihydropyridines is 1. The minimum Gasteiger partial charge on any atom is -0.337 e. The number of aliphatic imine (C=N–C) groups is 1. The molecule has 2 aliphatic heterocycles. The van der Waals surface area contributed by atoms with Gasteiger partial charge in [-0.3, -0.25) is 10.3 Å². The van der Waals surface area contributed by atoms with Crippen molar-refractivity contribution in [1.82, 2.24) is 10.6 Å². The first kappa shape index (κ1) is 15.7. The zero-order valence-electron chi connectivity index (χ0n) is 12.9. The highest BCUT2D eigenvalue weighted by molar-refractivity contribution is 5.96. The summed E-state index contributed by atoms with van der Waals surface area (Å²) in [6.45, 7) is 1.53. The molecule has 0 saturated carbocycles. The Balaban J connectivity index is 1.42. The van der Waals surface area contributed by atoms with Crippen molar-refractivity contribution in [2.45, 2.75) is 25.4 Å². The SMILES string of the molecule is O=C(NCCC1=NC2NCCCC2C=C1)Nc1ccc(F)cc1. The van der Waals surface area contributed by atoms with Crippen LogP contribution in [0.2, 0.25) is 0 Å². The Morgan fingerprint density at radius 3 is 3.00 bits per heavy atom. The predicted molar refractivity (Wildman–Crippen MR) is 89.1 cm³/mol. The van der Waals surface area contributed by atoms with E-state index in [1.807, 2.05) is 0 Å². The van der Waals surface area contributed by atoms with Gasteiger partial charge in [0, 0.05) is 30.3 Å². The fourth-order valence-corrected chi connectivity index (χ4v) is 2.86. The minimum atomic E-state index is -0.326. The third kappa shape index (κ3) is 4.39. The van der Waals surface area contributed by atoms with Crippen LogP contribution >= 0.6 is 0 Å². The van der Waals surface area contributed by atoms with Gasteiger partial charge < -0.3 is 10.6 Å². The van der Waals surface area contributed by atoms with Gasteiger partial charge in [0.25, 0.3) is 0 Å². The van der Waals surface area contributed by atoms with E-state index < -0.39 is 0 Å². The van der Waals surface area contributed by atoms with Gasteiger partial charge in [-0.05, 0) is 49.7 Å². The molecule has 0 aliphatic carbocycles. The van der Waals surface area contributed by atoms with Crippen LogP contribution in [0, 0.1) is 11.7 Å². The van der Waals surface area contributed by atoms with E-state index in [2.05, 4.69) is 28.1 Å². The molecule has 122 valence electrons. The maximum Gasteiger partial charge on any atom is 0.319 e. The van der Waals surface area contributed by atoms with E-state index in [9.17, 15) is 9.18 Å². The van der Waals surface area contributed by atoms with Crippen molar-refractivity contribution in [3.63, 3.8) is 0 Å². The van der Waals surface area contributed by atoms with Gasteiger partial charge in [0.1, 0.15) is 12.0 Å². The quantitative estimate of drug-likeness (QED) is 0.799. The number of rotatable bonds is 4. The molecule has 1 saturated heterocycles. The molecule has 0 spiro atoms. The number of anilines is 1. The van der Waals surface area contributed by atoms with E-state index in [1.54, 1.807) is 0 Å². The second-order valence-corrected chi connectivity index (χ2v) is 5.82. The zero-order valence-corrected chi connectivity index (χ0v) is 12.9. The third-order valence-corrected chi connectivity index (χ3v) is 4.08. The lowest BCUT2D eigenvalue weighted by Crippen LogP contribution is -2.41. The molecule has 2 aliphatic rings. The van der Waals surface area contributed by atoms with E-state index in [0.29, 0.717) is 24.6 Å². The molecule has 1 aromatic carbocycles. The number of halogens is 1. The van der Waals surface area contributed by atoms with Gasteiger partial charge >= 0.3 is 6.03 Å². The maximum atomic E-state index is 12.8. The van der Waals surface area contributed by atoms with Crippen LogP contribution in [0.4, 0.5) is 14.9 Å². The third-order valence-electron chi connectivity index (χ3n) is 4.08. The number of allylic oxidation sites excluding steroid dienone is 1. The Morgan fingerprint density at radius 2 is 2.17 bits per heavy atom. The van der Waals surface area contributed by atoms with Crippen molar-refractivity contribution in [2.75, 3.05) is 18.4 Å². The van der Waals surface area contributed by atoms with E-state index in [0.717, 1.165) is 12.3 Å². The Bertz CT molecular complexity index is 612. The van der Waals surface area contributed by atoms with Crippen molar-refractivity contribution in [2.24, 2.45) is 10.9 Å². The number of fused-ring (bicyclic) bond motifs is 1. The second kappa shape index (κ2) is 7.37. The standard InChI is InChI=1S/C17H21FN4O/c18-13-4-7-14(8-5-13)22-17(23)20-11-9-15-6-3-12-2-1-10-19-16(12)21-15/h3-8,12,16,19H,1-2,9-11H2,(H2,20,22,23). The normalized spacial score (nSPS) is 22.9. The molecule has 0 radical (unpaired) electrons. The Kier molecular flexibility index (Phi) is 5.02. The molecule has 5 nitrogen and oxygen atoms in total. The molecule has 0 bridgehead atoms. The van der Waals surface area contributed by atoms with Crippen LogP contribution in [0.15, 0.2) is 41.4 Å². The number of nitrogens with zero attached hydrogens (tertiary/aromatic N) is 1. The van der Waals surface area contributed by atoms with Crippen LogP contribution in [0.5, 0.6) is 0 Å². The Morgan fingerprint density at radius 1 is 1.35 bits per heavy atom. The molecule has 3 rings (SSSR count). The first-order valence-electron chi connectivity index (χ1n) is 7.99. The molecule has 0 aromatic heterocycles. The van der Waals surface area contributed by atoms with Crippen LogP contribution in [-0.2, 0) is 0 Å². The minimum absolute atomic E-state index is 0.191. The molecule has 6 heteroatoms. The number of hydrogen-bond acceptors (Lipinski definition) is 3. The monoisotopic (exact) mass is 316 g/mol. The Hall–Kier alpha value is -2.21. The first-order valence-corrected chi connectivity index (χ1v) is 7.99. The van der Waals surface area contributed by atoms with Crippen molar-refractivity contribution in [3.8, 4) is 0 Å². The van der Waals surface area contributed by atoms with Gasteiger partial charge in [0.2, 0.25) is 0 Å². The Labute approximate surface area is 135 Å². The number of carbonyl (C=O) groups excluding carboxylic acids is 1. The zero-order chi connectivity index (χ0) is 16.1. The smallest absolute Gasteiger partial charge is 0.319 e. The number of nitrogens with one attached hydrogen (secondary N) is 3. The molecule has 3 N–H and O–H groups in total. The van der Waals surface area contributed by atoms with Gasteiger partial charge in [-0.15, -0.1) is 0 Å². The molecular weight excluding hydrogens is 295 g/mol. The number of urea groups is 1. The van der Waals surface area contributed by atoms with Crippen LogP contribution in [0.1, 0.15) is 19.3 Å². The predicted octanol–water partition coefficient (Wildman–Crippen LogP) is 2.67. The highest BCUT2D eigenvalue weighted by Crippen LogP contribution is 2.22. The molecular formula is C17H21FN4O. The number of benzene rings is 1. The summed E-state index contributed by atoms with van der Waals surface area (Å²) in [5, 5.41) is 8.87. The summed E-state index contributed by atoms with van der Waals surface area (Å²) < 4.78 is 12.8. The second-order valence-electron chi connectivity index (χ2n) is 5.82. The van der Waals surface area contributed by atoms with E-state index in [4.69, 9.17) is 4.99 Å². The largest absolute Gasteiger partial charge is 0.337 e. The summed E-state index contributed by atoms with van der Waals surface area (Å²) >= 11 is 0. The van der Waals surface area contributed by atoms with Crippen LogP contribution in [-0.4, -0.2) is 31.0 Å². The van der Waals surface area contributed by atoms with Crippen molar-refractivity contribution < 1.29 is 9.18 Å². The molecule has 2 amide bonds. The lowest BCUT2D eigenvalue weighted by atomic mass is 9.93. The van der Waals surface area contributed by atoms with Crippen LogP contribution in [0.3, 0.4) is 0 Å². The van der Waals surface area contributed by atoms with Gasteiger partial charge in [0.05, 0.1) is 0 Å². The molecule has 23 heavy (non-hydrogen) atoms. The summed E-state index contributed by atoms with van der Waals surface area (Å²) in [6.07, 6.45) is 7.55. The highest BCUT2D eigenvalue weighted by Gasteiger charge is 2.24. The summed E-state index contributed by atoms with van der Waals surface area (Å²) in [5.74, 6) is 0.176. The van der Waals surface area contributed by atoms with E-state index >= 15 is 0 Å².